The third-order valence-corrected chi connectivity index (χ3v) is 4.97. The Morgan fingerprint density at radius 1 is 1.32 bits per heavy atom. The molecule has 114 valence electrons. The highest BCUT2D eigenvalue weighted by atomic mass is 32.2. The standard InChI is InChI=1S/C15H14FN3O2S/c16-14-9-12(22(20,21)19-11-1-2-11)4-5-13(14)15-6-3-10(18-15)7-8-17/h3-6,9,11,18-19H,1-2,7H2. The van der Waals surface area contributed by atoms with Crippen molar-refractivity contribution in [1.29, 1.82) is 5.26 Å². The van der Waals surface area contributed by atoms with E-state index in [2.05, 4.69) is 9.71 Å². The summed E-state index contributed by atoms with van der Waals surface area (Å²) in [6.45, 7) is 0. The van der Waals surface area contributed by atoms with E-state index in [1.54, 1.807) is 12.1 Å². The number of benzene rings is 1. The average Bonchev–Trinajstić information content (AvgIpc) is 3.14. The Hall–Kier alpha value is -2.17. The van der Waals surface area contributed by atoms with E-state index in [9.17, 15) is 12.8 Å². The lowest BCUT2D eigenvalue weighted by molar-refractivity contribution is 0.577. The second-order valence-electron chi connectivity index (χ2n) is 5.27. The molecule has 2 N–H and O–H groups in total. The van der Waals surface area contributed by atoms with Crippen LogP contribution in [0.15, 0.2) is 35.2 Å². The summed E-state index contributed by atoms with van der Waals surface area (Å²) in [5, 5.41) is 8.64. The minimum Gasteiger partial charge on any atom is -0.357 e. The predicted molar refractivity (Wildman–Crippen MR) is 78.8 cm³/mol. The molecule has 1 heterocycles. The van der Waals surface area contributed by atoms with Crippen LogP contribution in [-0.2, 0) is 16.4 Å². The van der Waals surface area contributed by atoms with Crippen LogP contribution in [0.4, 0.5) is 4.39 Å². The third-order valence-electron chi connectivity index (χ3n) is 3.46. The molecule has 0 aliphatic heterocycles. The number of nitriles is 1. The molecule has 22 heavy (non-hydrogen) atoms. The van der Waals surface area contributed by atoms with Crippen LogP contribution in [0.3, 0.4) is 0 Å². The molecular weight excluding hydrogens is 305 g/mol. The first-order chi connectivity index (χ1) is 10.5. The van der Waals surface area contributed by atoms with Gasteiger partial charge >= 0.3 is 0 Å². The summed E-state index contributed by atoms with van der Waals surface area (Å²) >= 11 is 0. The van der Waals surface area contributed by atoms with Gasteiger partial charge in [0, 0.05) is 23.0 Å². The summed E-state index contributed by atoms with van der Waals surface area (Å²) in [6.07, 6.45) is 1.85. The van der Waals surface area contributed by atoms with Crippen molar-refractivity contribution < 1.29 is 12.8 Å². The summed E-state index contributed by atoms with van der Waals surface area (Å²) < 4.78 is 40.9. The Balaban J connectivity index is 1.89. The monoisotopic (exact) mass is 319 g/mol. The average molecular weight is 319 g/mol. The lowest BCUT2D eigenvalue weighted by atomic mass is 10.1. The molecule has 1 aromatic carbocycles. The predicted octanol–water partition coefficient (Wildman–Crippen LogP) is 2.33. The van der Waals surface area contributed by atoms with Crippen molar-refractivity contribution in [3.8, 4) is 17.3 Å². The molecule has 0 unspecified atom stereocenters. The summed E-state index contributed by atoms with van der Waals surface area (Å²) in [5.41, 5.74) is 1.47. The van der Waals surface area contributed by atoms with Crippen molar-refractivity contribution in [2.45, 2.75) is 30.2 Å². The smallest absolute Gasteiger partial charge is 0.240 e. The van der Waals surface area contributed by atoms with Crippen LogP contribution in [0.5, 0.6) is 0 Å². The largest absolute Gasteiger partial charge is 0.357 e. The molecule has 2 aromatic rings. The van der Waals surface area contributed by atoms with Gasteiger partial charge in [0.05, 0.1) is 17.4 Å². The van der Waals surface area contributed by atoms with Crippen LogP contribution < -0.4 is 4.72 Å². The Labute approximate surface area is 127 Å². The molecule has 1 saturated carbocycles. The molecular formula is C15H14FN3O2S. The maximum Gasteiger partial charge on any atom is 0.240 e. The summed E-state index contributed by atoms with van der Waals surface area (Å²) in [7, 11) is -3.67. The molecule has 0 bridgehead atoms. The van der Waals surface area contributed by atoms with Crippen LogP contribution in [0.25, 0.3) is 11.3 Å². The Morgan fingerprint density at radius 2 is 2.09 bits per heavy atom. The van der Waals surface area contributed by atoms with Crippen LogP contribution in [0.2, 0.25) is 0 Å². The first-order valence-electron chi connectivity index (χ1n) is 6.87. The number of hydrogen-bond donors (Lipinski definition) is 2. The second-order valence-corrected chi connectivity index (χ2v) is 6.98. The molecule has 1 fully saturated rings. The van der Waals surface area contributed by atoms with Gasteiger partial charge in [-0.3, -0.25) is 0 Å². The fourth-order valence-corrected chi connectivity index (χ4v) is 3.47. The fourth-order valence-electron chi connectivity index (χ4n) is 2.16. The zero-order chi connectivity index (χ0) is 15.7. The Bertz CT molecular complexity index is 848. The van der Waals surface area contributed by atoms with Crippen LogP contribution >= 0.6 is 0 Å². The molecule has 1 aliphatic carbocycles. The lowest BCUT2D eigenvalue weighted by Gasteiger charge is -2.07. The molecule has 0 radical (unpaired) electrons. The number of aromatic amines is 1. The van der Waals surface area contributed by atoms with E-state index in [0.717, 1.165) is 18.9 Å². The lowest BCUT2D eigenvalue weighted by Crippen LogP contribution is -2.25. The van der Waals surface area contributed by atoms with Gasteiger partial charge in [0.25, 0.3) is 0 Å². The van der Waals surface area contributed by atoms with E-state index in [4.69, 9.17) is 5.26 Å². The Kier molecular flexibility index (Phi) is 3.72. The molecule has 0 spiro atoms. The van der Waals surface area contributed by atoms with Crippen LogP contribution in [-0.4, -0.2) is 19.4 Å². The van der Waals surface area contributed by atoms with Crippen molar-refractivity contribution >= 4 is 10.0 Å². The van der Waals surface area contributed by atoms with Gasteiger partial charge in [-0.2, -0.15) is 5.26 Å². The van der Waals surface area contributed by atoms with Crippen LogP contribution in [0, 0.1) is 17.1 Å². The molecule has 1 aliphatic rings. The molecule has 0 atom stereocenters. The molecule has 0 amide bonds. The molecule has 0 saturated heterocycles. The first-order valence-corrected chi connectivity index (χ1v) is 8.35. The van der Waals surface area contributed by atoms with Gasteiger partial charge in [0.15, 0.2) is 0 Å². The topological polar surface area (TPSA) is 85.8 Å². The number of sulfonamides is 1. The molecule has 5 nitrogen and oxygen atoms in total. The highest BCUT2D eigenvalue weighted by Gasteiger charge is 2.28. The molecule has 3 rings (SSSR count). The number of nitrogens with zero attached hydrogens (tertiary/aromatic N) is 1. The number of halogens is 1. The number of nitrogens with one attached hydrogen (secondary N) is 2. The minimum absolute atomic E-state index is 0.0234. The highest BCUT2D eigenvalue weighted by Crippen LogP contribution is 2.26. The number of rotatable bonds is 5. The molecule has 7 heteroatoms. The van der Waals surface area contributed by atoms with Gasteiger partial charge in [-0.1, -0.05) is 0 Å². The van der Waals surface area contributed by atoms with E-state index >= 15 is 0 Å². The second kappa shape index (κ2) is 5.55. The van der Waals surface area contributed by atoms with Gasteiger partial charge in [-0.05, 0) is 43.2 Å². The van der Waals surface area contributed by atoms with Gasteiger partial charge in [-0.25, -0.2) is 17.5 Å². The number of H-pyrrole nitrogens is 1. The van der Waals surface area contributed by atoms with Crippen molar-refractivity contribution in [1.82, 2.24) is 9.71 Å². The van der Waals surface area contributed by atoms with Gasteiger partial charge in [0.2, 0.25) is 10.0 Å². The fraction of sp³-hybridized carbons (Fsp3) is 0.267. The summed E-state index contributed by atoms with van der Waals surface area (Å²) in [5.74, 6) is -0.621. The summed E-state index contributed by atoms with van der Waals surface area (Å²) in [4.78, 5) is 2.86. The number of hydrogen-bond acceptors (Lipinski definition) is 3. The Morgan fingerprint density at radius 3 is 2.73 bits per heavy atom. The highest BCUT2D eigenvalue weighted by molar-refractivity contribution is 7.89. The number of aromatic nitrogens is 1. The first kappa shape index (κ1) is 14.8. The SMILES string of the molecule is N#CCc1ccc(-c2ccc(S(=O)(=O)NC3CC3)cc2F)[nH]1. The maximum absolute atomic E-state index is 14.2. The van der Waals surface area contributed by atoms with Crippen molar-refractivity contribution in [3.63, 3.8) is 0 Å². The minimum atomic E-state index is -3.67. The van der Waals surface area contributed by atoms with E-state index < -0.39 is 15.8 Å². The van der Waals surface area contributed by atoms with Gasteiger partial charge < -0.3 is 4.98 Å². The van der Waals surface area contributed by atoms with E-state index in [0.29, 0.717) is 11.4 Å². The van der Waals surface area contributed by atoms with E-state index in [1.807, 2.05) is 6.07 Å². The van der Waals surface area contributed by atoms with E-state index in [1.165, 1.54) is 12.1 Å². The van der Waals surface area contributed by atoms with Crippen molar-refractivity contribution in [2.24, 2.45) is 0 Å². The zero-order valence-electron chi connectivity index (χ0n) is 11.6. The van der Waals surface area contributed by atoms with Crippen molar-refractivity contribution in [3.05, 3.63) is 41.8 Å². The van der Waals surface area contributed by atoms with E-state index in [-0.39, 0.29) is 22.9 Å². The van der Waals surface area contributed by atoms with Crippen LogP contribution in [0.1, 0.15) is 18.5 Å². The maximum atomic E-state index is 14.2. The van der Waals surface area contributed by atoms with Gasteiger partial charge in [-0.15, -0.1) is 0 Å². The quantitative estimate of drug-likeness (QED) is 0.887. The van der Waals surface area contributed by atoms with Gasteiger partial charge in [0.1, 0.15) is 5.82 Å². The zero-order valence-corrected chi connectivity index (χ0v) is 12.5. The van der Waals surface area contributed by atoms with Crippen molar-refractivity contribution in [2.75, 3.05) is 0 Å². The third kappa shape index (κ3) is 3.03. The summed E-state index contributed by atoms with van der Waals surface area (Å²) in [6, 6.07) is 9.19. The molecule has 1 aromatic heterocycles. The normalized spacial score (nSPS) is 14.7.